The van der Waals surface area contributed by atoms with E-state index in [9.17, 15) is 4.79 Å². The number of esters is 1. The van der Waals surface area contributed by atoms with Crippen molar-refractivity contribution in [2.75, 3.05) is 11.9 Å². The van der Waals surface area contributed by atoms with Gasteiger partial charge in [0, 0.05) is 13.3 Å². The van der Waals surface area contributed by atoms with Crippen molar-refractivity contribution in [1.29, 1.82) is 0 Å². The van der Waals surface area contributed by atoms with Gasteiger partial charge in [0.1, 0.15) is 0 Å². The number of halogens is 1. The number of carbonyl (C=O) groups is 1. The van der Waals surface area contributed by atoms with Gasteiger partial charge in [0.05, 0.1) is 18.4 Å². The van der Waals surface area contributed by atoms with Crippen LogP contribution in [0.3, 0.4) is 0 Å². The molecule has 0 saturated heterocycles. The normalized spacial score (nSPS) is 8.38. The smallest absolute Gasteiger partial charge is 0.302 e. The lowest BCUT2D eigenvalue weighted by Crippen LogP contribution is -1.99. The third-order valence-electron chi connectivity index (χ3n) is 1.75. The molecular formula is C13H17BrO2. The van der Waals surface area contributed by atoms with Crippen molar-refractivity contribution >= 4 is 21.9 Å². The van der Waals surface area contributed by atoms with E-state index < -0.39 is 0 Å². The molecule has 0 radical (unpaired) electrons. The number of ether oxygens (including phenoxy) is 1. The topological polar surface area (TPSA) is 26.3 Å². The Morgan fingerprint density at radius 3 is 2.56 bits per heavy atom. The molecule has 0 N–H and O–H groups in total. The molecule has 0 atom stereocenters. The second-order valence-corrected chi connectivity index (χ2v) is 3.73. The highest BCUT2D eigenvalue weighted by atomic mass is 79.9. The summed E-state index contributed by atoms with van der Waals surface area (Å²) < 4.78 is 4.82. The van der Waals surface area contributed by atoms with Crippen LogP contribution in [0.15, 0.2) is 0 Å². The van der Waals surface area contributed by atoms with Crippen molar-refractivity contribution in [2.45, 2.75) is 39.0 Å². The monoisotopic (exact) mass is 284 g/mol. The number of rotatable bonds is 5. The summed E-state index contributed by atoms with van der Waals surface area (Å²) in [5.41, 5.74) is 0. The SMILES string of the molecule is CC(=O)OCCCCCC#CCC#CCBr. The molecule has 0 aliphatic heterocycles. The summed E-state index contributed by atoms with van der Waals surface area (Å²) in [7, 11) is 0. The van der Waals surface area contributed by atoms with Crippen LogP contribution < -0.4 is 0 Å². The fourth-order valence-corrected chi connectivity index (χ4v) is 1.21. The van der Waals surface area contributed by atoms with Gasteiger partial charge < -0.3 is 4.74 Å². The van der Waals surface area contributed by atoms with E-state index in [4.69, 9.17) is 4.74 Å². The number of hydrogen-bond acceptors (Lipinski definition) is 2. The van der Waals surface area contributed by atoms with Crippen LogP contribution in [0.2, 0.25) is 0 Å². The first-order valence-corrected chi connectivity index (χ1v) is 6.50. The van der Waals surface area contributed by atoms with Crippen LogP contribution in [0.4, 0.5) is 0 Å². The van der Waals surface area contributed by atoms with Crippen LogP contribution in [0.1, 0.15) is 39.0 Å². The standard InChI is InChI=1S/C13H17BrO2/c1-13(15)16-12-10-8-6-4-2-3-5-7-9-11-14/h4-6,8,10-12H2,1H3. The van der Waals surface area contributed by atoms with Crippen LogP contribution in [0.5, 0.6) is 0 Å². The van der Waals surface area contributed by atoms with Gasteiger partial charge in [0.15, 0.2) is 0 Å². The molecular weight excluding hydrogens is 268 g/mol. The minimum atomic E-state index is -0.204. The van der Waals surface area contributed by atoms with Crippen molar-refractivity contribution in [3.63, 3.8) is 0 Å². The Bertz CT molecular complexity index is 301. The highest BCUT2D eigenvalue weighted by molar-refractivity contribution is 9.09. The lowest BCUT2D eigenvalue weighted by Gasteiger charge is -1.99. The number of hydrogen-bond donors (Lipinski definition) is 0. The van der Waals surface area contributed by atoms with E-state index in [1.165, 1.54) is 6.92 Å². The Balaban J connectivity index is 3.23. The van der Waals surface area contributed by atoms with Crippen LogP contribution in [-0.4, -0.2) is 17.9 Å². The molecule has 0 fully saturated rings. The zero-order chi connectivity index (χ0) is 12.1. The maximum atomic E-state index is 10.4. The van der Waals surface area contributed by atoms with E-state index in [-0.39, 0.29) is 5.97 Å². The third-order valence-corrected chi connectivity index (χ3v) is 2.03. The zero-order valence-corrected chi connectivity index (χ0v) is 11.2. The maximum Gasteiger partial charge on any atom is 0.302 e. The molecule has 3 heteroatoms. The summed E-state index contributed by atoms with van der Waals surface area (Å²) in [4.78, 5) is 10.4. The van der Waals surface area contributed by atoms with E-state index in [2.05, 4.69) is 39.6 Å². The first kappa shape index (κ1) is 15.1. The van der Waals surface area contributed by atoms with Crippen LogP contribution in [0, 0.1) is 23.7 Å². The summed E-state index contributed by atoms with van der Waals surface area (Å²) in [6, 6.07) is 0. The quantitative estimate of drug-likeness (QED) is 0.336. The van der Waals surface area contributed by atoms with Gasteiger partial charge in [0.25, 0.3) is 0 Å². The van der Waals surface area contributed by atoms with Crippen LogP contribution >= 0.6 is 15.9 Å². The summed E-state index contributed by atoms with van der Waals surface area (Å²) in [6.45, 7) is 1.96. The highest BCUT2D eigenvalue weighted by Crippen LogP contribution is 1.99. The van der Waals surface area contributed by atoms with Crippen molar-refractivity contribution < 1.29 is 9.53 Å². The van der Waals surface area contributed by atoms with E-state index in [0.29, 0.717) is 18.4 Å². The van der Waals surface area contributed by atoms with Crippen molar-refractivity contribution in [1.82, 2.24) is 0 Å². The summed E-state index contributed by atoms with van der Waals surface area (Å²) in [5, 5.41) is 0.713. The Labute approximate surface area is 106 Å². The highest BCUT2D eigenvalue weighted by Gasteiger charge is 1.91. The number of carbonyl (C=O) groups excluding carboxylic acids is 1. The molecule has 0 amide bonds. The second kappa shape index (κ2) is 12.1. The molecule has 0 saturated carbocycles. The Kier molecular flexibility index (Phi) is 11.4. The molecule has 88 valence electrons. The van der Waals surface area contributed by atoms with Crippen molar-refractivity contribution in [3.8, 4) is 23.7 Å². The molecule has 0 aromatic carbocycles. The number of alkyl halides is 1. The van der Waals surface area contributed by atoms with E-state index in [1.54, 1.807) is 0 Å². The zero-order valence-electron chi connectivity index (χ0n) is 9.64. The molecule has 0 aromatic rings. The van der Waals surface area contributed by atoms with Crippen molar-refractivity contribution in [2.24, 2.45) is 0 Å². The van der Waals surface area contributed by atoms with Crippen LogP contribution in [-0.2, 0) is 9.53 Å². The molecule has 0 rings (SSSR count). The average Bonchev–Trinajstić information content (AvgIpc) is 2.25. The summed E-state index contributed by atoms with van der Waals surface area (Å²) >= 11 is 3.22. The van der Waals surface area contributed by atoms with Gasteiger partial charge in [-0.2, -0.15) is 0 Å². The van der Waals surface area contributed by atoms with Gasteiger partial charge in [-0.05, 0) is 19.3 Å². The molecule has 16 heavy (non-hydrogen) atoms. The van der Waals surface area contributed by atoms with E-state index in [1.807, 2.05) is 0 Å². The van der Waals surface area contributed by atoms with Gasteiger partial charge in [-0.15, -0.1) is 5.92 Å². The molecule has 0 unspecified atom stereocenters. The lowest BCUT2D eigenvalue weighted by molar-refractivity contribution is -0.141. The molecule has 2 nitrogen and oxygen atoms in total. The molecule has 0 heterocycles. The largest absolute Gasteiger partial charge is 0.466 e. The fraction of sp³-hybridized carbons (Fsp3) is 0.615. The van der Waals surface area contributed by atoms with Crippen LogP contribution in [0.25, 0.3) is 0 Å². The fourth-order valence-electron chi connectivity index (χ4n) is 1.01. The molecule has 0 aromatic heterocycles. The Morgan fingerprint density at radius 1 is 1.12 bits per heavy atom. The first-order valence-electron chi connectivity index (χ1n) is 5.38. The third kappa shape index (κ3) is 13.1. The van der Waals surface area contributed by atoms with Gasteiger partial charge in [-0.1, -0.05) is 33.7 Å². The minimum Gasteiger partial charge on any atom is -0.466 e. The Hall–Kier alpha value is -0.930. The van der Waals surface area contributed by atoms with Gasteiger partial charge in [-0.25, -0.2) is 0 Å². The van der Waals surface area contributed by atoms with Gasteiger partial charge in [0.2, 0.25) is 0 Å². The Morgan fingerprint density at radius 2 is 1.88 bits per heavy atom. The average molecular weight is 285 g/mol. The molecule has 0 spiro atoms. The maximum absolute atomic E-state index is 10.4. The van der Waals surface area contributed by atoms with E-state index in [0.717, 1.165) is 25.7 Å². The van der Waals surface area contributed by atoms with E-state index >= 15 is 0 Å². The predicted molar refractivity (Wildman–Crippen MR) is 69.1 cm³/mol. The first-order chi connectivity index (χ1) is 7.77. The molecule has 0 aliphatic carbocycles. The predicted octanol–water partition coefficient (Wildman–Crippen LogP) is 2.90. The molecule has 0 bridgehead atoms. The second-order valence-electron chi connectivity index (χ2n) is 3.17. The van der Waals surface area contributed by atoms with Gasteiger partial charge >= 0.3 is 5.97 Å². The molecule has 0 aliphatic rings. The summed E-state index contributed by atoms with van der Waals surface area (Å²) in [6.07, 6.45) is 4.58. The van der Waals surface area contributed by atoms with Crippen molar-refractivity contribution in [3.05, 3.63) is 0 Å². The summed E-state index contributed by atoms with van der Waals surface area (Å²) in [5.74, 6) is 11.7. The van der Waals surface area contributed by atoms with Gasteiger partial charge in [-0.3, -0.25) is 4.79 Å². The lowest BCUT2D eigenvalue weighted by atomic mass is 10.2. The number of unbranched alkanes of at least 4 members (excludes halogenated alkanes) is 3. The minimum absolute atomic E-state index is 0.204.